The number of rotatable bonds is 9. The van der Waals surface area contributed by atoms with Crippen LogP contribution in [0.3, 0.4) is 0 Å². The Morgan fingerprint density at radius 1 is 1.11 bits per heavy atom. The number of fused-ring (bicyclic) bond motifs is 2. The zero-order valence-electron chi connectivity index (χ0n) is 21.4. The number of thiophene rings is 1. The lowest BCUT2D eigenvalue weighted by atomic mass is 10.00. The van der Waals surface area contributed by atoms with Gasteiger partial charge in [-0.3, -0.25) is 23.5 Å². The second-order valence-corrected chi connectivity index (χ2v) is 10.6. The smallest absolute Gasteiger partial charge is 0.332 e. The lowest BCUT2D eigenvalue weighted by Crippen LogP contribution is -2.47. The van der Waals surface area contributed by atoms with E-state index in [0.717, 1.165) is 35.8 Å². The second kappa shape index (κ2) is 11.4. The highest BCUT2D eigenvalue weighted by atomic mass is 32.1. The summed E-state index contributed by atoms with van der Waals surface area (Å²) in [5, 5.41) is 4.62. The minimum absolute atomic E-state index is 0.0957. The van der Waals surface area contributed by atoms with Gasteiger partial charge >= 0.3 is 5.69 Å². The van der Waals surface area contributed by atoms with Crippen LogP contribution in [0, 0.1) is 0 Å². The monoisotopic (exact) mass is 540 g/mol. The van der Waals surface area contributed by atoms with Crippen LogP contribution in [0.1, 0.15) is 51.0 Å². The lowest BCUT2D eigenvalue weighted by molar-refractivity contribution is -0.135. The Kier molecular flexibility index (Phi) is 7.82. The fraction of sp³-hybridized carbons (Fsp3) is 0.481. The minimum Gasteiger partial charge on any atom is -0.454 e. The number of hydrogen-bond donors (Lipinski definition) is 1. The van der Waals surface area contributed by atoms with Gasteiger partial charge < -0.3 is 19.7 Å². The number of hydrogen-bond acceptors (Lipinski definition) is 7. The van der Waals surface area contributed by atoms with Crippen molar-refractivity contribution in [3.8, 4) is 11.5 Å². The molecule has 2 aliphatic rings. The van der Waals surface area contributed by atoms with Crippen molar-refractivity contribution < 1.29 is 19.1 Å². The number of amides is 2. The summed E-state index contributed by atoms with van der Waals surface area (Å²) in [5.41, 5.74) is 0.476. The van der Waals surface area contributed by atoms with Gasteiger partial charge in [0.15, 0.2) is 11.5 Å². The highest BCUT2D eigenvalue weighted by Crippen LogP contribution is 2.32. The predicted octanol–water partition coefficient (Wildman–Crippen LogP) is 2.84. The molecule has 2 aromatic heterocycles. The first-order chi connectivity index (χ1) is 18.5. The van der Waals surface area contributed by atoms with Crippen LogP contribution in [-0.4, -0.2) is 45.2 Å². The molecule has 0 spiro atoms. The standard InChI is InChI=1S/C27H32N4O6S/c1-2-19-6-3-4-11-29(19)24(33)16-31-20-10-13-38-25(20)26(34)30(27(31)35)12-5-7-23(32)28-15-18-8-9-21-22(14-18)37-17-36-21/h8-10,13-14,19H,2-7,11-12,15-17H2,1H3,(H,28,32)/t19-/m1/s1. The average Bonchev–Trinajstić information content (AvgIpc) is 3.61. The highest BCUT2D eigenvalue weighted by Gasteiger charge is 2.26. The summed E-state index contributed by atoms with van der Waals surface area (Å²) >= 11 is 1.26. The molecule has 0 radical (unpaired) electrons. The van der Waals surface area contributed by atoms with Crippen molar-refractivity contribution in [1.82, 2.24) is 19.4 Å². The normalized spacial score (nSPS) is 16.7. The Morgan fingerprint density at radius 2 is 1.95 bits per heavy atom. The molecule has 11 heteroatoms. The molecule has 3 aromatic rings. The number of piperidine rings is 1. The Bertz CT molecular complexity index is 1460. The summed E-state index contributed by atoms with van der Waals surface area (Å²) in [6.07, 6.45) is 4.39. The summed E-state index contributed by atoms with van der Waals surface area (Å²) < 4.78 is 13.7. The van der Waals surface area contributed by atoms with E-state index in [4.69, 9.17) is 9.47 Å². The first kappa shape index (κ1) is 26.0. The first-order valence-corrected chi connectivity index (χ1v) is 14.0. The van der Waals surface area contributed by atoms with Crippen LogP contribution in [0.4, 0.5) is 0 Å². The maximum Gasteiger partial charge on any atom is 0.332 e. The van der Waals surface area contributed by atoms with E-state index in [1.165, 1.54) is 15.9 Å². The highest BCUT2D eigenvalue weighted by molar-refractivity contribution is 7.17. The van der Waals surface area contributed by atoms with Gasteiger partial charge in [0.05, 0.1) is 5.52 Å². The van der Waals surface area contributed by atoms with Gasteiger partial charge in [-0.2, -0.15) is 0 Å². The van der Waals surface area contributed by atoms with Crippen LogP contribution in [0.25, 0.3) is 10.2 Å². The Balaban J connectivity index is 1.24. The minimum atomic E-state index is -0.514. The first-order valence-electron chi connectivity index (χ1n) is 13.1. The van der Waals surface area contributed by atoms with Crippen molar-refractivity contribution in [3.05, 3.63) is 56.0 Å². The third kappa shape index (κ3) is 5.33. The van der Waals surface area contributed by atoms with Gasteiger partial charge in [0.25, 0.3) is 5.56 Å². The topological polar surface area (TPSA) is 112 Å². The molecule has 1 saturated heterocycles. The SMILES string of the molecule is CC[C@@H]1CCCCN1C(=O)Cn1c(=O)n(CCCC(=O)NCc2ccc3c(c2)OCO3)c(=O)c2sccc21. The molecular weight excluding hydrogens is 508 g/mol. The third-order valence-electron chi connectivity index (χ3n) is 7.26. The van der Waals surface area contributed by atoms with Crippen LogP contribution >= 0.6 is 11.3 Å². The van der Waals surface area contributed by atoms with Gasteiger partial charge in [-0.15, -0.1) is 11.3 Å². The molecule has 1 atom stereocenters. The fourth-order valence-electron chi connectivity index (χ4n) is 5.20. The summed E-state index contributed by atoms with van der Waals surface area (Å²) in [6.45, 7) is 3.29. The van der Waals surface area contributed by atoms with Crippen LogP contribution in [0.15, 0.2) is 39.2 Å². The largest absolute Gasteiger partial charge is 0.454 e. The lowest BCUT2D eigenvalue weighted by Gasteiger charge is -2.35. The van der Waals surface area contributed by atoms with Gasteiger partial charge in [0.1, 0.15) is 11.2 Å². The van der Waals surface area contributed by atoms with Crippen LogP contribution in [0.2, 0.25) is 0 Å². The molecule has 0 unspecified atom stereocenters. The molecule has 1 N–H and O–H groups in total. The number of nitrogens with one attached hydrogen (secondary N) is 1. The summed E-state index contributed by atoms with van der Waals surface area (Å²) in [4.78, 5) is 54.0. The molecule has 38 heavy (non-hydrogen) atoms. The molecule has 5 rings (SSSR count). The van der Waals surface area contributed by atoms with Gasteiger partial charge in [0.2, 0.25) is 18.6 Å². The molecule has 0 bridgehead atoms. The quantitative estimate of drug-likeness (QED) is 0.447. The van der Waals surface area contributed by atoms with Crippen molar-refractivity contribution in [3.63, 3.8) is 0 Å². The van der Waals surface area contributed by atoms with E-state index in [1.807, 2.05) is 17.0 Å². The maximum atomic E-state index is 13.4. The molecule has 0 aliphatic carbocycles. The van der Waals surface area contributed by atoms with Crippen molar-refractivity contribution in [2.45, 2.75) is 71.1 Å². The summed E-state index contributed by atoms with van der Waals surface area (Å²) in [6, 6.07) is 7.40. The van der Waals surface area contributed by atoms with Gasteiger partial charge in [-0.1, -0.05) is 13.0 Å². The molecule has 4 heterocycles. The molecule has 1 aromatic carbocycles. The van der Waals surface area contributed by atoms with Gasteiger partial charge in [-0.05, 0) is 61.2 Å². The van der Waals surface area contributed by atoms with Crippen LogP contribution in [0.5, 0.6) is 11.5 Å². The Hall–Kier alpha value is -3.60. The average molecular weight is 541 g/mol. The zero-order valence-corrected chi connectivity index (χ0v) is 22.3. The number of ether oxygens (including phenoxy) is 2. The molecule has 202 valence electrons. The number of carbonyl (C=O) groups is 2. The van der Waals surface area contributed by atoms with Crippen LogP contribution < -0.4 is 26.0 Å². The fourth-order valence-corrected chi connectivity index (χ4v) is 6.04. The van der Waals surface area contributed by atoms with E-state index in [-0.39, 0.29) is 49.7 Å². The number of nitrogens with zero attached hydrogens (tertiary/aromatic N) is 3. The molecule has 1 fully saturated rings. The van der Waals surface area contributed by atoms with Gasteiger partial charge in [-0.25, -0.2) is 4.79 Å². The molecule has 2 amide bonds. The van der Waals surface area contributed by atoms with E-state index < -0.39 is 5.69 Å². The number of benzene rings is 1. The Labute approximate surface area is 223 Å². The number of carbonyl (C=O) groups excluding carboxylic acids is 2. The number of likely N-dealkylation sites (tertiary alicyclic amines) is 1. The molecular formula is C27H32N4O6S. The Morgan fingerprint density at radius 3 is 2.79 bits per heavy atom. The molecule has 2 aliphatic heterocycles. The molecule has 10 nitrogen and oxygen atoms in total. The van der Waals surface area contributed by atoms with E-state index >= 15 is 0 Å². The maximum absolute atomic E-state index is 13.4. The number of aromatic nitrogens is 2. The van der Waals surface area contributed by atoms with E-state index in [0.29, 0.717) is 41.2 Å². The summed E-state index contributed by atoms with van der Waals surface area (Å²) in [7, 11) is 0. The van der Waals surface area contributed by atoms with Crippen molar-refractivity contribution in [2.24, 2.45) is 0 Å². The van der Waals surface area contributed by atoms with E-state index in [2.05, 4.69) is 12.2 Å². The van der Waals surface area contributed by atoms with E-state index in [1.54, 1.807) is 17.5 Å². The third-order valence-corrected chi connectivity index (χ3v) is 8.15. The van der Waals surface area contributed by atoms with Crippen molar-refractivity contribution >= 4 is 33.4 Å². The van der Waals surface area contributed by atoms with E-state index in [9.17, 15) is 19.2 Å². The summed E-state index contributed by atoms with van der Waals surface area (Å²) in [5.74, 6) is 1.06. The van der Waals surface area contributed by atoms with Gasteiger partial charge in [0, 0.05) is 32.1 Å². The van der Waals surface area contributed by atoms with Crippen molar-refractivity contribution in [1.29, 1.82) is 0 Å². The zero-order chi connectivity index (χ0) is 26.6. The van der Waals surface area contributed by atoms with Crippen molar-refractivity contribution in [2.75, 3.05) is 13.3 Å². The second-order valence-electron chi connectivity index (χ2n) is 9.67. The van der Waals surface area contributed by atoms with Crippen LogP contribution in [-0.2, 0) is 29.2 Å². The molecule has 0 saturated carbocycles. The predicted molar refractivity (Wildman–Crippen MR) is 144 cm³/mol.